The van der Waals surface area contributed by atoms with Crippen LogP contribution < -0.4 is 5.32 Å². The van der Waals surface area contributed by atoms with Crippen LogP contribution in [0.25, 0.3) is 0 Å². The molecule has 0 spiro atoms. The van der Waals surface area contributed by atoms with Gasteiger partial charge in [-0.1, -0.05) is 38.3 Å². The van der Waals surface area contributed by atoms with E-state index < -0.39 is 0 Å². The van der Waals surface area contributed by atoms with Crippen LogP contribution in [0.1, 0.15) is 39.5 Å². The van der Waals surface area contributed by atoms with E-state index in [-0.39, 0.29) is 0 Å². The first-order valence-corrected chi connectivity index (χ1v) is 7.66. The Morgan fingerprint density at radius 3 is 2.76 bits per heavy atom. The van der Waals surface area contributed by atoms with Crippen molar-refractivity contribution in [2.45, 2.75) is 45.6 Å². The average Bonchev–Trinajstić information content (AvgIpc) is 2.24. The smallest absolute Gasteiger partial charge is 0.0479 e. The van der Waals surface area contributed by atoms with Crippen molar-refractivity contribution >= 4 is 39.9 Å². The van der Waals surface area contributed by atoms with E-state index in [4.69, 9.17) is 11.6 Å². The summed E-state index contributed by atoms with van der Waals surface area (Å²) in [5, 5.41) is 4.51. The summed E-state index contributed by atoms with van der Waals surface area (Å²) < 4.78 is 1.21. The third kappa shape index (κ3) is 3.28. The lowest BCUT2D eigenvalue weighted by Crippen LogP contribution is -2.39. The van der Waals surface area contributed by atoms with Crippen LogP contribution in [0.15, 0.2) is 18.2 Å². The maximum Gasteiger partial charge on any atom is 0.0479 e. The number of hydrogen-bond acceptors (Lipinski definition) is 1. The van der Waals surface area contributed by atoms with E-state index in [2.05, 4.69) is 47.8 Å². The Labute approximate surface area is 122 Å². The molecule has 1 aromatic carbocycles. The maximum absolute atomic E-state index is 5.98. The van der Waals surface area contributed by atoms with Crippen molar-refractivity contribution in [3.05, 3.63) is 26.8 Å². The molecule has 0 amide bonds. The van der Waals surface area contributed by atoms with Gasteiger partial charge in [-0.25, -0.2) is 0 Å². The molecule has 1 unspecified atom stereocenters. The number of nitrogens with one attached hydrogen (secondary N) is 1. The van der Waals surface area contributed by atoms with Gasteiger partial charge in [0, 0.05) is 20.3 Å². The molecule has 0 saturated heterocycles. The molecule has 1 N–H and O–H groups in total. The fourth-order valence-electron chi connectivity index (χ4n) is 2.56. The molecule has 0 bridgehead atoms. The van der Waals surface area contributed by atoms with Crippen LogP contribution in [0.4, 0.5) is 5.69 Å². The fraction of sp³-hybridized carbons (Fsp3) is 0.571. The summed E-state index contributed by atoms with van der Waals surface area (Å²) in [6, 6.07) is 6.64. The van der Waals surface area contributed by atoms with Crippen molar-refractivity contribution in [1.82, 2.24) is 0 Å². The molecule has 1 atom stereocenters. The van der Waals surface area contributed by atoms with Crippen molar-refractivity contribution in [3.63, 3.8) is 0 Å². The van der Waals surface area contributed by atoms with Gasteiger partial charge in [0.25, 0.3) is 0 Å². The van der Waals surface area contributed by atoms with Crippen molar-refractivity contribution in [2.24, 2.45) is 5.41 Å². The van der Waals surface area contributed by atoms with E-state index >= 15 is 0 Å². The minimum Gasteiger partial charge on any atom is -0.381 e. The normalized spacial score (nSPS) is 23.4. The quantitative estimate of drug-likeness (QED) is 0.701. The minimum atomic E-state index is 0.390. The Kier molecular flexibility index (Phi) is 4.24. The van der Waals surface area contributed by atoms with Crippen LogP contribution in [0.2, 0.25) is 5.02 Å². The average molecular weight is 364 g/mol. The van der Waals surface area contributed by atoms with E-state index in [0.717, 1.165) is 5.02 Å². The molecular weight excluding hydrogens is 345 g/mol. The lowest BCUT2D eigenvalue weighted by atomic mass is 9.73. The van der Waals surface area contributed by atoms with E-state index in [1.165, 1.54) is 34.9 Å². The molecule has 1 saturated carbocycles. The second-order valence-corrected chi connectivity index (χ2v) is 7.15. The molecule has 94 valence electrons. The SMILES string of the molecule is CC1(C)CCCCC1Nc1ccc(Cl)cc1I. The number of rotatable bonds is 2. The molecule has 1 fully saturated rings. The molecule has 0 heterocycles. The Balaban J connectivity index is 2.14. The zero-order valence-corrected chi connectivity index (χ0v) is 13.3. The van der Waals surface area contributed by atoms with Gasteiger partial charge in [-0.05, 0) is 59.0 Å². The monoisotopic (exact) mass is 363 g/mol. The van der Waals surface area contributed by atoms with Crippen LogP contribution >= 0.6 is 34.2 Å². The molecule has 1 nitrogen and oxygen atoms in total. The Morgan fingerprint density at radius 2 is 2.12 bits per heavy atom. The third-order valence-corrected chi connectivity index (χ3v) is 4.90. The molecule has 0 aliphatic heterocycles. The first kappa shape index (κ1) is 13.5. The van der Waals surface area contributed by atoms with Crippen LogP contribution in [-0.2, 0) is 0 Å². The lowest BCUT2D eigenvalue weighted by molar-refractivity contribution is 0.217. The molecular formula is C14H19ClIN. The van der Waals surface area contributed by atoms with Gasteiger partial charge in [0.15, 0.2) is 0 Å². The van der Waals surface area contributed by atoms with Crippen LogP contribution in [0, 0.1) is 8.99 Å². The first-order chi connectivity index (χ1) is 7.99. The summed E-state index contributed by atoms with van der Waals surface area (Å²) in [6.07, 6.45) is 5.29. The molecule has 2 rings (SSSR count). The largest absolute Gasteiger partial charge is 0.381 e. The minimum absolute atomic E-state index is 0.390. The Hall–Kier alpha value is 0.0400. The first-order valence-electron chi connectivity index (χ1n) is 6.21. The van der Waals surface area contributed by atoms with Crippen molar-refractivity contribution < 1.29 is 0 Å². The van der Waals surface area contributed by atoms with Crippen molar-refractivity contribution in [2.75, 3.05) is 5.32 Å². The number of halogens is 2. The zero-order valence-electron chi connectivity index (χ0n) is 10.4. The number of hydrogen-bond donors (Lipinski definition) is 1. The van der Waals surface area contributed by atoms with Gasteiger partial charge in [-0.2, -0.15) is 0 Å². The van der Waals surface area contributed by atoms with Crippen LogP contribution in [-0.4, -0.2) is 6.04 Å². The number of benzene rings is 1. The van der Waals surface area contributed by atoms with Crippen LogP contribution in [0.5, 0.6) is 0 Å². The summed E-state index contributed by atoms with van der Waals surface area (Å²) >= 11 is 8.33. The van der Waals surface area contributed by atoms with E-state index in [1.54, 1.807) is 0 Å². The second-order valence-electron chi connectivity index (χ2n) is 5.56. The lowest BCUT2D eigenvalue weighted by Gasteiger charge is -2.39. The van der Waals surface area contributed by atoms with E-state index in [9.17, 15) is 0 Å². The highest BCUT2D eigenvalue weighted by Crippen LogP contribution is 2.38. The summed E-state index contributed by atoms with van der Waals surface area (Å²) in [5.41, 5.74) is 1.61. The van der Waals surface area contributed by atoms with Crippen LogP contribution in [0.3, 0.4) is 0 Å². The third-order valence-electron chi connectivity index (χ3n) is 3.77. The van der Waals surface area contributed by atoms with Crippen molar-refractivity contribution in [3.8, 4) is 0 Å². The zero-order chi connectivity index (χ0) is 12.5. The van der Waals surface area contributed by atoms with E-state index in [1.807, 2.05) is 12.1 Å². The van der Waals surface area contributed by atoms with Gasteiger partial charge >= 0.3 is 0 Å². The Bertz CT molecular complexity index is 403. The van der Waals surface area contributed by atoms with Gasteiger partial charge in [-0.3, -0.25) is 0 Å². The fourth-order valence-corrected chi connectivity index (χ4v) is 3.58. The molecule has 17 heavy (non-hydrogen) atoms. The van der Waals surface area contributed by atoms with Gasteiger partial charge in [0.05, 0.1) is 0 Å². The summed E-state index contributed by atoms with van der Waals surface area (Å²) in [7, 11) is 0. The highest BCUT2D eigenvalue weighted by Gasteiger charge is 2.32. The summed E-state index contributed by atoms with van der Waals surface area (Å²) in [5.74, 6) is 0. The molecule has 1 aromatic rings. The predicted molar refractivity (Wildman–Crippen MR) is 83.8 cm³/mol. The topological polar surface area (TPSA) is 12.0 Å². The molecule has 1 aliphatic rings. The molecule has 0 aromatic heterocycles. The second kappa shape index (κ2) is 5.35. The molecule has 0 radical (unpaired) electrons. The summed E-state index contributed by atoms with van der Waals surface area (Å²) in [6.45, 7) is 4.74. The predicted octanol–water partition coefficient (Wildman–Crippen LogP) is 5.33. The maximum atomic E-state index is 5.98. The van der Waals surface area contributed by atoms with Gasteiger partial charge < -0.3 is 5.32 Å². The summed E-state index contributed by atoms with van der Waals surface area (Å²) in [4.78, 5) is 0. The molecule has 3 heteroatoms. The van der Waals surface area contributed by atoms with E-state index in [0.29, 0.717) is 11.5 Å². The van der Waals surface area contributed by atoms with Gasteiger partial charge in [0.1, 0.15) is 0 Å². The molecule has 1 aliphatic carbocycles. The van der Waals surface area contributed by atoms with Gasteiger partial charge in [-0.15, -0.1) is 0 Å². The highest BCUT2D eigenvalue weighted by molar-refractivity contribution is 14.1. The standard InChI is InChI=1S/C14H19ClIN/c1-14(2)8-4-3-5-13(14)17-12-7-6-10(15)9-11(12)16/h6-7,9,13,17H,3-5,8H2,1-2H3. The van der Waals surface area contributed by atoms with Crippen molar-refractivity contribution in [1.29, 1.82) is 0 Å². The Morgan fingerprint density at radius 1 is 1.35 bits per heavy atom. The highest BCUT2D eigenvalue weighted by atomic mass is 127. The number of anilines is 1. The van der Waals surface area contributed by atoms with Gasteiger partial charge in [0.2, 0.25) is 0 Å².